The van der Waals surface area contributed by atoms with Crippen LogP contribution in [0.15, 0.2) is 53.3 Å². The molecule has 4 rings (SSSR count). The molecule has 1 saturated carbocycles. The second-order valence-electron chi connectivity index (χ2n) is 6.98. The molecule has 2 aromatic heterocycles. The molecule has 29 heavy (non-hydrogen) atoms. The smallest absolute Gasteiger partial charge is 0.290 e. The molecular formula is C20H20FN5O3. The van der Waals surface area contributed by atoms with E-state index < -0.39 is 0 Å². The number of hydrogen-bond acceptors (Lipinski definition) is 5. The maximum absolute atomic E-state index is 13.9. The van der Waals surface area contributed by atoms with Gasteiger partial charge in [0.15, 0.2) is 5.82 Å². The summed E-state index contributed by atoms with van der Waals surface area (Å²) in [7, 11) is 0. The van der Waals surface area contributed by atoms with E-state index >= 15 is 0 Å². The van der Waals surface area contributed by atoms with Crippen LogP contribution in [0.2, 0.25) is 0 Å². The average Bonchev–Trinajstić information content (AvgIpc) is 3.41. The van der Waals surface area contributed by atoms with Gasteiger partial charge in [0.2, 0.25) is 11.7 Å². The van der Waals surface area contributed by atoms with Crippen LogP contribution in [-0.2, 0) is 4.79 Å². The monoisotopic (exact) mass is 397 g/mol. The molecule has 2 amide bonds. The Labute approximate surface area is 166 Å². The van der Waals surface area contributed by atoms with Gasteiger partial charge in [0.1, 0.15) is 11.5 Å². The van der Waals surface area contributed by atoms with E-state index in [0.717, 1.165) is 0 Å². The van der Waals surface area contributed by atoms with E-state index in [4.69, 9.17) is 4.52 Å². The molecule has 2 heterocycles. The quantitative estimate of drug-likeness (QED) is 0.689. The average molecular weight is 397 g/mol. The summed E-state index contributed by atoms with van der Waals surface area (Å²) >= 11 is 0. The van der Waals surface area contributed by atoms with Gasteiger partial charge in [-0.15, -0.1) is 5.10 Å². The molecule has 0 unspecified atom stereocenters. The van der Waals surface area contributed by atoms with Crippen molar-refractivity contribution < 1.29 is 18.5 Å². The van der Waals surface area contributed by atoms with Gasteiger partial charge in [-0.2, -0.15) is 0 Å². The third-order valence-corrected chi connectivity index (χ3v) is 5.03. The van der Waals surface area contributed by atoms with Gasteiger partial charge in [-0.05, 0) is 37.8 Å². The Morgan fingerprint density at radius 2 is 1.90 bits per heavy atom. The predicted octanol–water partition coefficient (Wildman–Crippen LogP) is 2.93. The predicted molar refractivity (Wildman–Crippen MR) is 102 cm³/mol. The number of carbonyl (C=O) groups excluding carboxylic acids is 2. The van der Waals surface area contributed by atoms with E-state index in [2.05, 4.69) is 20.9 Å². The third kappa shape index (κ3) is 4.34. The van der Waals surface area contributed by atoms with Crippen LogP contribution in [0.25, 0.3) is 5.69 Å². The zero-order valence-electron chi connectivity index (χ0n) is 15.5. The van der Waals surface area contributed by atoms with E-state index in [1.165, 1.54) is 23.0 Å². The number of amides is 2. The highest BCUT2D eigenvalue weighted by atomic mass is 19.1. The van der Waals surface area contributed by atoms with Crippen molar-refractivity contribution in [3.05, 3.63) is 60.4 Å². The van der Waals surface area contributed by atoms with Gasteiger partial charge < -0.3 is 15.2 Å². The van der Waals surface area contributed by atoms with Crippen molar-refractivity contribution in [2.24, 2.45) is 5.92 Å². The summed E-state index contributed by atoms with van der Waals surface area (Å²) in [6, 6.07) is 9.43. The van der Waals surface area contributed by atoms with Gasteiger partial charge in [-0.3, -0.25) is 9.59 Å². The van der Waals surface area contributed by atoms with Crippen molar-refractivity contribution in [2.75, 3.05) is 5.32 Å². The van der Waals surface area contributed by atoms with Gasteiger partial charge in [0.25, 0.3) is 5.91 Å². The summed E-state index contributed by atoms with van der Waals surface area (Å²) in [5, 5.41) is 13.4. The number of para-hydroxylation sites is 1. The number of benzene rings is 1. The first-order valence-corrected chi connectivity index (χ1v) is 9.43. The molecule has 1 aromatic carbocycles. The van der Waals surface area contributed by atoms with E-state index in [0.29, 0.717) is 37.2 Å². The normalized spacial score (nSPS) is 18.9. The van der Waals surface area contributed by atoms with E-state index in [1.807, 2.05) is 0 Å². The van der Waals surface area contributed by atoms with E-state index in [-0.39, 0.29) is 35.4 Å². The van der Waals surface area contributed by atoms with Crippen LogP contribution in [-0.4, -0.2) is 32.8 Å². The maximum Gasteiger partial charge on any atom is 0.290 e. The maximum atomic E-state index is 13.9. The molecule has 0 aliphatic heterocycles. The van der Waals surface area contributed by atoms with Crippen molar-refractivity contribution in [2.45, 2.75) is 31.7 Å². The van der Waals surface area contributed by atoms with Crippen molar-refractivity contribution >= 4 is 17.6 Å². The Morgan fingerprint density at radius 1 is 1.10 bits per heavy atom. The van der Waals surface area contributed by atoms with Gasteiger partial charge in [-0.1, -0.05) is 17.3 Å². The summed E-state index contributed by atoms with van der Waals surface area (Å²) in [6.07, 6.45) is 5.72. The van der Waals surface area contributed by atoms with Gasteiger partial charge >= 0.3 is 0 Å². The Kier molecular flexibility index (Phi) is 5.37. The summed E-state index contributed by atoms with van der Waals surface area (Å²) in [4.78, 5) is 24.6. The number of carbonyl (C=O) groups is 2. The van der Waals surface area contributed by atoms with Crippen LogP contribution >= 0.6 is 0 Å². The Hall–Kier alpha value is -3.49. The number of anilines is 1. The minimum absolute atomic E-state index is 0.00286. The highest BCUT2D eigenvalue weighted by molar-refractivity contribution is 5.92. The standard InChI is InChI=1S/C20H20FN5O3/c21-15-3-1-2-4-16(15)26-12-10-18(25-26)24-19(27)13-5-7-14(8-6-13)23-20(28)17-9-11-22-29-17/h1-4,9-14H,5-8H2,(H,23,28)(H,24,25,27)/t13-,14+. The van der Waals surface area contributed by atoms with Crippen LogP contribution in [0.4, 0.5) is 10.2 Å². The zero-order valence-corrected chi connectivity index (χ0v) is 15.5. The zero-order chi connectivity index (χ0) is 20.2. The highest BCUT2D eigenvalue weighted by Gasteiger charge is 2.28. The Bertz CT molecular complexity index is 993. The minimum Gasteiger partial charge on any atom is -0.351 e. The van der Waals surface area contributed by atoms with Crippen molar-refractivity contribution in [3.8, 4) is 5.69 Å². The van der Waals surface area contributed by atoms with Crippen LogP contribution in [0.3, 0.4) is 0 Å². The van der Waals surface area contributed by atoms with E-state index in [1.54, 1.807) is 30.5 Å². The van der Waals surface area contributed by atoms with Gasteiger partial charge in [0.05, 0.1) is 6.20 Å². The van der Waals surface area contributed by atoms with Crippen molar-refractivity contribution in [3.63, 3.8) is 0 Å². The molecule has 0 bridgehead atoms. The van der Waals surface area contributed by atoms with Crippen molar-refractivity contribution in [1.82, 2.24) is 20.3 Å². The summed E-state index contributed by atoms with van der Waals surface area (Å²) in [6.45, 7) is 0. The highest BCUT2D eigenvalue weighted by Crippen LogP contribution is 2.26. The van der Waals surface area contributed by atoms with Gasteiger partial charge in [-0.25, -0.2) is 9.07 Å². The molecule has 8 nitrogen and oxygen atoms in total. The summed E-state index contributed by atoms with van der Waals surface area (Å²) < 4.78 is 20.1. The van der Waals surface area contributed by atoms with Crippen LogP contribution in [0.1, 0.15) is 36.2 Å². The molecule has 150 valence electrons. The molecule has 0 atom stereocenters. The number of rotatable bonds is 5. The number of halogens is 1. The fourth-order valence-corrected chi connectivity index (χ4v) is 3.48. The molecule has 0 saturated heterocycles. The SMILES string of the molecule is O=C(N[C@H]1CC[C@@H](C(=O)Nc2ccn(-c3ccccc3F)n2)CC1)c1ccno1. The summed E-state index contributed by atoms with van der Waals surface area (Å²) in [5.41, 5.74) is 0.316. The lowest BCUT2D eigenvalue weighted by molar-refractivity contribution is -0.120. The lowest BCUT2D eigenvalue weighted by Crippen LogP contribution is -2.39. The number of nitrogens with zero attached hydrogens (tertiary/aromatic N) is 3. The second-order valence-corrected chi connectivity index (χ2v) is 6.98. The first kappa shape index (κ1) is 18.9. The molecule has 0 spiro atoms. The topological polar surface area (TPSA) is 102 Å². The molecule has 1 aliphatic carbocycles. The van der Waals surface area contributed by atoms with Crippen LogP contribution < -0.4 is 10.6 Å². The number of hydrogen-bond donors (Lipinski definition) is 2. The van der Waals surface area contributed by atoms with Gasteiger partial charge in [0, 0.05) is 30.3 Å². The first-order chi connectivity index (χ1) is 14.1. The Morgan fingerprint density at radius 3 is 2.62 bits per heavy atom. The molecule has 1 fully saturated rings. The molecule has 2 N–H and O–H groups in total. The van der Waals surface area contributed by atoms with Crippen LogP contribution in [0, 0.1) is 11.7 Å². The molecule has 0 radical (unpaired) electrons. The molecule has 1 aliphatic rings. The fraction of sp³-hybridized carbons (Fsp3) is 0.300. The lowest BCUT2D eigenvalue weighted by atomic mass is 9.85. The lowest BCUT2D eigenvalue weighted by Gasteiger charge is -2.27. The van der Waals surface area contributed by atoms with Crippen LogP contribution in [0.5, 0.6) is 0 Å². The third-order valence-electron chi connectivity index (χ3n) is 5.03. The Balaban J connectivity index is 1.29. The van der Waals surface area contributed by atoms with E-state index in [9.17, 15) is 14.0 Å². The molecular weight excluding hydrogens is 377 g/mol. The fourth-order valence-electron chi connectivity index (χ4n) is 3.48. The van der Waals surface area contributed by atoms with Crippen molar-refractivity contribution in [1.29, 1.82) is 0 Å². The largest absolute Gasteiger partial charge is 0.351 e. The second kappa shape index (κ2) is 8.26. The molecule has 9 heteroatoms. The first-order valence-electron chi connectivity index (χ1n) is 9.43. The summed E-state index contributed by atoms with van der Waals surface area (Å²) in [5.74, 6) is -0.418. The molecule has 3 aromatic rings. The number of aromatic nitrogens is 3. The number of nitrogens with one attached hydrogen (secondary N) is 2. The minimum atomic E-state index is -0.390.